The first-order valence-corrected chi connectivity index (χ1v) is 5.21. The fourth-order valence-electron chi connectivity index (χ4n) is 1.67. The van der Waals surface area contributed by atoms with E-state index in [1.165, 1.54) is 6.07 Å². The first-order chi connectivity index (χ1) is 7.68. The number of hydrogen-bond donors (Lipinski definition) is 1. The molecule has 0 fully saturated rings. The third-order valence-corrected chi connectivity index (χ3v) is 2.55. The molecule has 2 heteroatoms. The molecule has 1 N–H and O–H groups in total. The van der Waals surface area contributed by atoms with Gasteiger partial charge in [-0.15, -0.1) is 0 Å². The number of halogens is 1. The molecule has 0 aliphatic heterocycles. The summed E-state index contributed by atoms with van der Waals surface area (Å²) >= 11 is 0. The summed E-state index contributed by atoms with van der Waals surface area (Å²) in [5.74, 6) is -0.366. The van der Waals surface area contributed by atoms with Crippen LogP contribution in [0.5, 0.6) is 0 Å². The van der Waals surface area contributed by atoms with Crippen molar-refractivity contribution in [3.63, 3.8) is 0 Å². The van der Waals surface area contributed by atoms with Crippen LogP contribution in [0.1, 0.15) is 18.6 Å². The zero-order valence-electron chi connectivity index (χ0n) is 9.02. The quantitative estimate of drug-likeness (QED) is 0.814. The van der Waals surface area contributed by atoms with Crippen molar-refractivity contribution in [1.82, 2.24) is 0 Å². The van der Waals surface area contributed by atoms with Crippen LogP contribution in [0, 0.1) is 5.82 Å². The Kier molecular flexibility index (Phi) is 3.02. The van der Waals surface area contributed by atoms with Crippen LogP contribution in [0.25, 0.3) is 11.1 Å². The topological polar surface area (TPSA) is 20.2 Å². The van der Waals surface area contributed by atoms with Gasteiger partial charge in [-0.3, -0.25) is 0 Å². The van der Waals surface area contributed by atoms with E-state index in [1.807, 2.05) is 30.3 Å². The molecule has 2 aromatic carbocycles. The second kappa shape index (κ2) is 4.45. The molecule has 0 radical (unpaired) electrons. The monoisotopic (exact) mass is 216 g/mol. The van der Waals surface area contributed by atoms with E-state index in [0.29, 0.717) is 5.56 Å². The molecule has 0 saturated heterocycles. The molecule has 0 amide bonds. The first kappa shape index (κ1) is 10.8. The maximum absolute atomic E-state index is 13.4. The summed E-state index contributed by atoms with van der Waals surface area (Å²) in [4.78, 5) is 0. The van der Waals surface area contributed by atoms with Crippen molar-refractivity contribution in [2.75, 3.05) is 0 Å². The zero-order valence-corrected chi connectivity index (χ0v) is 9.02. The van der Waals surface area contributed by atoms with Crippen LogP contribution in [0.3, 0.4) is 0 Å². The Morgan fingerprint density at radius 1 is 1.00 bits per heavy atom. The lowest BCUT2D eigenvalue weighted by Gasteiger charge is -2.09. The van der Waals surface area contributed by atoms with Gasteiger partial charge >= 0.3 is 0 Å². The molecule has 0 saturated carbocycles. The molecule has 0 spiro atoms. The van der Waals surface area contributed by atoms with E-state index in [9.17, 15) is 9.50 Å². The number of aliphatic hydroxyl groups is 1. The van der Waals surface area contributed by atoms with Crippen molar-refractivity contribution in [3.8, 4) is 11.1 Å². The molecule has 0 aliphatic rings. The van der Waals surface area contributed by atoms with Crippen molar-refractivity contribution in [2.45, 2.75) is 13.0 Å². The van der Waals surface area contributed by atoms with E-state index in [1.54, 1.807) is 19.1 Å². The highest BCUT2D eigenvalue weighted by Crippen LogP contribution is 2.25. The Balaban J connectivity index is 2.48. The third kappa shape index (κ3) is 2.12. The minimum atomic E-state index is -0.788. The van der Waals surface area contributed by atoms with Gasteiger partial charge in [0, 0.05) is 5.56 Å². The SMILES string of the molecule is CC(O)c1cc(-c2ccccc2)ccc1F. The lowest BCUT2D eigenvalue weighted by molar-refractivity contribution is 0.194. The van der Waals surface area contributed by atoms with Gasteiger partial charge in [0.1, 0.15) is 5.82 Å². The van der Waals surface area contributed by atoms with E-state index in [-0.39, 0.29) is 5.82 Å². The molecule has 0 heterocycles. The Bertz CT molecular complexity index is 477. The van der Waals surface area contributed by atoms with Crippen LogP contribution in [0.2, 0.25) is 0 Å². The predicted molar refractivity (Wildman–Crippen MR) is 62.5 cm³/mol. The first-order valence-electron chi connectivity index (χ1n) is 5.21. The second-order valence-corrected chi connectivity index (χ2v) is 3.78. The van der Waals surface area contributed by atoms with Crippen molar-refractivity contribution < 1.29 is 9.50 Å². The minimum absolute atomic E-state index is 0.335. The third-order valence-electron chi connectivity index (χ3n) is 2.55. The lowest BCUT2D eigenvalue weighted by Crippen LogP contribution is -1.96. The summed E-state index contributed by atoms with van der Waals surface area (Å²) in [5.41, 5.74) is 2.27. The Morgan fingerprint density at radius 3 is 2.31 bits per heavy atom. The van der Waals surface area contributed by atoms with E-state index in [0.717, 1.165) is 11.1 Å². The Hall–Kier alpha value is -1.67. The van der Waals surface area contributed by atoms with Gasteiger partial charge in [0.2, 0.25) is 0 Å². The van der Waals surface area contributed by atoms with Gasteiger partial charge in [-0.05, 0) is 30.2 Å². The van der Waals surface area contributed by atoms with Crippen LogP contribution >= 0.6 is 0 Å². The molecule has 1 unspecified atom stereocenters. The van der Waals surface area contributed by atoms with Crippen LogP contribution in [0.15, 0.2) is 48.5 Å². The van der Waals surface area contributed by atoms with E-state index >= 15 is 0 Å². The largest absolute Gasteiger partial charge is 0.389 e. The fourth-order valence-corrected chi connectivity index (χ4v) is 1.67. The number of hydrogen-bond acceptors (Lipinski definition) is 1. The molecule has 0 aromatic heterocycles. The molecule has 0 aliphatic carbocycles. The van der Waals surface area contributed by atoms with Gasteiger partial charge in [-0.1, -0.05) is 36.4 Å². The molecule has 82 valence electrons. The van der Waals surface area contributed by atoms with Gasteiger partial charge in [0.15, 0.2) is 0 Å². The smallest absolute Gasteiger partial charge is 0.129 e. The highest BCUT2D eigenvalue weighted by molar-refractivity contribution is 5.64. The van der Waals surface area contributed by atoms with Gasteiger partial charge in [-0.25, -0.2) is 4.39 Å². The summed E-state index contributed by atoms with van der Waals surface area (Å²) < 4.78 is 13.4. The van der Waals surface area contributed by atoms with Crippen molar-refractivity contribution in [2.24, 2.45) is 0 Å². The molecular weight excluding hydrogens is 203 g/mol. The molecule has 16 heavy (non-hydrogen) atoms. The van der Waals surface area contributed by atoms with Crippen LogP contribution in [0.4, 0.5) is 4.39 Å². The maximum atomic E-state index is 13.4. The lowest BCUT2D eigenvalue weighted by atomic mass is 10.0. The number of rotatable bonds is 2. The van der Waals surface area contributed by atoms with Gasteiger partial charge in [-0.2, -0.15) is 0 Å². The summed E-state index contributed by atoms with van der Waals surface area (Å²) in [6.07, 6.45) is -0.788. The van der Waals surface area contributed by atoms with Crippen molar-refractivity contribution >= 4 is 0 Å². The fraction of sp³-hybridized carbons (Fsp3) is 0.143. The summed E-state index contributed by atoms with van der Waals surface area (Å²) in [6, 6.07) is 14.5. The van der Waals surface area contributed by atoms with E-state index in [4.69, 9.17) is 0 Å². The van der Waals surface area contributed by atoms with Crippen molar-refractivity contribution in [3.05, 3.63) is 59.9 Å². The summed E-state index contributed by atoms with van der Waals surface area (Å²) in [7, 11) is 0. The number of benzene rings is 2. The van der Waals surface area contributed by atoms with Gasteiger partial charge in [0.05, 0.1) is 6.10 Å². The van der Waals surface area contributed by atoms with Crippen LogP contribution < -0.4 is 0 Å². The highest BCUT2D eigenvalue weighted by atomic mass is 19.1. The Morgan fingerprint density at radius 2 is 1.69 bits per heavy atom. The van der Waals surface area contributed by atoms with Gasteiger partial charge in [0.25, 0.3) is 0 Å². The predicted octanol–water partition coefficient (Wildman–Crippen LogP) is 3.55. The Labute approximate surface area is 94.2 Å². The van der Waals surface area contributed by atoms with Crippen LogP contribution in [-0.4, -0.2) is 5.11 Å². The highest BCUT2D eigenvalue weighted by Gasteiger charge is 2.09. The second-order valence-electron chi connectivity index (χ2n) is 3.78. The summed E-state index contributed by atoms with van der Waals surface area (Å²) in [5, 5.41) is 9.44. The van der Waals surface area contributed by atoms with E-state index in [2.05, 4.69) is 0 Å². The molecule has 1 atom stereocenters. The number of aliphatic hydroxyl groups excluding tert-OH is 1. The minimum Gasteiger partial charge on any atom is -0.389 e. The normalized spacial score (nSPS) is 12.4. The molecule has 1 nitrogen and oxygen atoms in total. The summed E-state index contributed by atoms with van der Waals surface area (Å²) in [6.45, 7) is 1.56. The van der Waals surface area contributed by atoms with Crippen LogP contribution in [-0.2, 0) is 0 Å². The molecule has 2 rings (SSSR count). The van der Waals surface area contributed by atoms with Gasteiger partial charge < -0.3 is 5.11 Å². The maximum Gasteiger partial charge on any atom is 0.129 e. The van der Waals surface area contributed by atoms with E-state index < -0.39 is 6.10 Å². The standard InChI is InChI=1S/C14H13FO/c1-10(16)13-9-12(7-8-14(13)15)11-5-3-2-4-6-11/h2-10,16H,1H3. The average molecular weight is 216 g/mol. The van der Waals surface area contributed by atoms with Crippen molar-refractivity contribution in [1.29, 1.82) is 0 Å². The molecule has 2 aromatic rings. The average Bonchev–Trinajstić information content (AvgIpc) is 2.30. The molecular formula is C14H13FO. The molecule has 0 bridgehead atoms. The zero-order chi connectivity index (χ0) is 11.5.